The van der Waals surface area contributed by atoms with E-state index in [0.717, 1.165) is 23.1 Å². The van der Waals surface area contributed by atoms with Gasteiger partial charge in [-0.1, -0.05) is 12.1 Å². The molecular formula is C19H16O4. The number of rotatable bonds is 2. The Morgan fingerprint density at radius 2 is 1.87 bits per heavy atom. The maximum Gasteiger partial charge on any atom is 0.337 e. The maximum atomic E-state index is 12.5. The number of aromatic hydroxyl groups is 1. The third-order valence-electron chi connectivity index (χ3n) is 3.96. The van der Waals surface area contributed by atoms with Crippen molar-refractivity contribution in [3.8, 4) is 5.75 Å². The van der Waals surface area contributed by atoms with Crippen molar-refractivity contribution in [1.82, 2.24) is 0 Å². The van der Waals surface area contributed by atoms with Crippen molar-refractivity contribution >= 4 is 17.8 Å². The molecule has 2 aromatic carbocycles. The van der Waals surface area contributed by atoms with E-state index in [1.54, 1.807) is 36.4 Å². The lowest BCUT2D eigenvalue weighted by Gasteiger charge is -2.17. The quantitative estimate of drug-likeness (QED) is 0.682. The van der Waals surface area contributed by atoms with Gasteiger partial charge in [-0.15, -0.1) is 0 Å². The minimum atomic E-state index is -0.383. The molecule has 3 rings (SSSR count). The molecule has 0 aromatic heterocycles. The van der Waals surface area contributed by atoms with Crippen LogP contribution in [-0.2, 0) is 11.2 Å². The van der Waals surface area contributed by atoms with Crippen LogP contribution in [0.2, 0.25) is 0 Å². The number of allylic oxidation sites excluding steroid dienone is 1. The predicted octanol–water partition coefficient (Wildman–Crippen LogP) is 3.39. The molecular weight excluding hydrogens is 292 g/mol. The third-order valence-corrected chi connectivity index (χ3v) is 3.96. The van der Waals surface area contributed by atoms with E-state index in [0.29, 0.717) is 17.5 Å². The summed E-state index contributed by atoms with van der Waals surface area (Å²) in [5.74, 6) is -0.211. The van der Waals surface area contributed by atoms with Gasteiger partial charge in [-0.05, 0) is 60.4 Å². The van der Waals surface area contributed by atoms with Gasteiger partial charge in [-0.3, -0.25) is 4.79 Å². The average molecular weight is 308 g/mol. The number of ether oxygens (including phenoxy) is 1. The summed E-state index contributed by atoms with van der Waals surface area (Å²) in [5, 5.41) is 9.50. The lowest BCUT2D eigenvalue weighted by Crippen LogP contribution is -2.13. The number of carbonyl (C=O) groups excluding carboxylic acids is 2. The number of phenols is 1. The number of ketones is 1. The van der Waals surface area contributed by atoms with Gasteiger partial charge in [0.05, 0.1) is 12.7 Å². The largest absolute Gasteiger partial charge is 0.508 e. The Hall–Kier alpha value is -2.88. The molecule has 2 aromatic rings. The van der Waals surface area contributed by atoms with Crippen LogP contribution in [0.1, 0.15) is 38.3 Å². The number of benzene rings is 2. The van der Waals surface area contributed by atoms with Gasteiger partial charge in [-0.25, -0.2) is 4.79 Å². The highest BCUT2D eigenvalue weighted by molar-refractivity contribution is 6.13. The molecule has 0 heterocycles. The normalized spacial score (nSPS) is 15.3. The number of hydrogen-bond donors (Lipinski definition) is 1. The molecule has 0 radical (unpaired) electrons. The molecule has 0 aliphatic heterocycles. The Morgan fingerprint density at radius 1 is 1.13 bits per heavy atom. The first-order valence-corrected chi connectivity index (χ1v) is 7.34. The topological polar surface area (TPSA) is 63.6 Å². The van der Waals surface area contributed by atoms with Crippen LogP contribution in [0, 0.1) is 0 Å². The lowest BCUT2D eigenvalue weighted by atomic mass is 9.86. The van der Waals surface area contributed by atoms with E-state index in [1.807, 2.05) is 6.08 Å². The number of methoxy groups -OCH3 is 1. The first-order chi connectivity index (χ1) is 11.1. The fourth-order valence-electron chi connectivity index (χ4n) is 2.74. The Bertz CT molecular complexity index is 801. The van der Waals surface area contributed by atoms with Crippen molar-refractivity contribution in [2.24, 2.45) is 0 Å². The fourth-order valence-corrected chi connectivity index (χ4v) is 2.74. The molecule has 116 valence electrons. The highest BCUT2D eigenvalue weighted by atomic mass is 16.5. The number of aryl methyl sites for hydroxylation is 1. The van der Waals surface area contributed by atoms with Gasteiger partial charge in [0, 0.05) is 11.1 Å². The summed E-state index contributed by atoms with van der Waals surface area (Å²) in [5.41, 5.74) is 3.60. The molecule has 0 spiro atoms. The standard InChI is InChI=1S/C19H16O4/c1-23-19(22)13-4-2-12(3-5-13)10-15-7-6-14-11-16(20)8-9-17(14)18(15)21/h2-5,8-11,20H,6-7H2,1H3/b15-10+. The zero-order valence-electron chi connectivity index (χ0n) is 12.7. The molecule has 0 unspecified atom stereocenters. The number of esters is 1. The van der Waals surface area contributed by atoms with Gasteiger partial charge >= 0.3 is 5.97 Å². The highest BCUT2D eigenvalue weighted by Crippen LogP contribution is 2.29. The van der Waals surface area contributed by atoms with Crippen molar-refractivity contribution in [2.75, 3.05) is 7.11 Å². The fraction of sp³-hybridized carbons (Fsp3) is 0.158. The van der Waals surface area contributed by atoms with E-state index in [9.17, 15) is 14.7 Å². The molecule has 1 aliphatic carbocycles. The zero-order valence-corrected chi connectivity index (χ0v) is 12.7. The molecule has 0 saturated heterocycles. The molecule has 0 fully saturated rings. The van der Waals surface area contributed by atoms with E-state index in [4.69, 9.17) is 0 Å². The van der Waals surface area contributed by atoms with Gasteiger partial charge in [-0.2, -0.15) is 0 Å². The van der Waals surface area contributed by atoms with E-state index < -0.39 is 0 Å². The van der Waals surface area contributed by atoms with Crippen molar-refractivity contribution in [1.29, 1.82) is 0 Å². The summed E-state index contributed by atoms with van der Waals surface area (Å²) in [7, 11) is 1.34. The van der Waals surface area contributed by atoms with Crippen LogP contribution >= 0.6 is 0 Å². The monoisotopic (exact) mass is 308 g/mol. The van der Waals surface area contributed by atoms with Gasteiger partial charge in [0.1, 0.15) is 5.75 Å². The zero-order chi connectivity index (χ0) is 16.4. The molecule has 4 nitrogen and oxygen atoms in total. The van der Waals surface area contributed by atoms with E-state index in [1.165, 1.54) is 13.2 Å². The van der Waals surface area contributed by atoms with Crippen LogP contribution in [-0.4, -0.2) is 24.0 Å². The summed E-state index contributed by atoms with van der Waals surface area (Å²) >= 11 is 0. The smallest absolute Gasteiger partial charge is 0.337 e. The summed E-state index contributed by atoms with van der Waals surface area (Å²) in [4.78, 5) is 23.9. The van der Waals surface area contributed by atoms with Crippen LogP contribution in [0.4, 0.5) is 0 Å². The van der Waals surface area contributed by atoms with E-state index >= 15 is 0 Å². The van der Waals surface area contributed by atoms with Crippen LogP contribution in [0.15, 0.2) is 48.0 Å². The number of hydrogen-bond acceptors (Lipinski definition) is 4. The van der Waals surface area contributed by atoms with E-state index in [2.05, 4.69) is 4.74 Å². The Morgan fingerprint density at radius 3 is 2.57 bits per heavy atom. The van der Waals surface area contributed by atoms with Gasteiger partial charge in [0.15, 0.2) is 5.78 Å². The Balaban J connectivity index is 1.87. The van der Waals surface area contributed by atoms with Crippen molar-refractivity contribution in [2.45, 2.75) is 12.8 Å². The third kappa shape index (κ3) is 3.01. The number of Topliss-reactive ketones (excluding diaryl/α,β-unsaturated/α-hetero) is 1. The minimum absolute atomic E-state index is 0.0108. The Labute approximate surface area is 134 Å². The van der Waals surface area contributed by atoms with Gasteiger partial charge in [0.25, 0.3) is 0 Å². The van der Waals surface area contributed by atoms with E-state index in [-0.39, 0.29) is 17.5 Å². The summed E-state index contributed by atoms with van der Waals surface area (Å²) < 4.78 is 4.66. The second-order valence-electron chi connectivity index (χ2n) is 5.45. The summed E-state index contributed by atoms with van der Waals surface area (Å²) in [6.45, 7) is 0. The van der Waals surface area contributed by atoms with Crippen LogP contribution in [0.3, 0.4) is 0 Å². The predicted molar refractivity (Wildman–Crippen MR) is 86.5 cm³/mol. The van der Waals surface area contributed by atoms with Crippen LogP contribution in [0.5, 0.6) is 5.75 Å². The molecule has 0 bridgehead atoms. The maximum absolute atomic E-state index is 12.5. The molecule has 0 saturated carbocycles. The Kier molecular flexibility index (Phi) is 3.98. The summed E-state index contributed by atoms with van der Waals surface area (Å²) in [6.07, 6.45) is 3.20. The second-order valence-corrected chi connectivity index (χ2v) is 5.45. The van der Waals surface area contributed by atoms with Crippen LogP contribution in [0.25, 0.3) is 6.08 Å². The first-order valence-electron chi connectivity index (χ1n) is 7.34. The lowest BCUT2D eigenvalue weighted by molar-refractivity contribution is 0.0600. The SMILES string of the molecule is COC(=O)c1ccc(/C=C2\CCc3cc(O)ccc3C2=O)cc1. The average Bonchev–Trinajstić information content (AvgIpc) is 2.57. The number of fused-ring (bicyclic) bond motifs is 1. The van der Waals surface area contributed by atoms with Gasteiger partial charge in [0.2, 0.25) is 0 Å². The molecule has 1 aliphatic rings. The molecule has 0 atom stereocenters. The van der Waals surface area contributed by atoms with Crippen molar-refractivity contribution < 1.29 is 19.4 Å². The van der Waals surface area contributed by atoms with Crippen molar-refractivity contribution in [3.05, 3.63) is 70.3 Å². The molecule has 4 heteroatoms. The first kappa shape index (κ1) is 15.0. The highest BCUT2D eigenvalue weighted by Gasteiger charge is 2.22. The van der Waals surface area contributed by atoms with Gasteiger partial charge < -0.3 is 9.84 Å². The summed E-state index contributed by atoms with van der Waals surface area (Å²) in [6, 6.07) is 11.8. The minimum Gasteiger partial charge on any atom is -0.508 e. The molecule has 1 N–H and O–H groups in total. The van der Waals surface area contributed by atoms with Crippen LogP contribution < -0.4 is 0 Å². The second kappa shape index (κ2) is 6.08. The van der Waals surface area contributed by atoms with Crippen molar-refractivity contribution in [3.63, 3.8) is 0 Å². The molecule has 0 amide bonds. The number of carbonyl (C=O) groups is 2. The molecule has 23 heavy (non-hydrogen) atoms. The number of phenolic OH excluding ortho intramolecular Hbond substituents is 1.